The van der Waals surface area contributed by atoms with E-state index in [9.17, 15) is 0 Å². The second-order valence-electron chi connectivity index (χ2n) is 3.26. The van der Waals surface area contributed by atoms with Crippen LogP contribution in [0.5, 0.6) is 0 Å². The van der Waals surface area contributed by atoms with Crippen molar-refractivity contribution < 1.29 is 6.16 Å². The van der Waals surface area contributed by atoms with Crippen LogP contribution in [0.15, 0.2) is 0 Å². The van der Waals surface area contributed by atoms with Crippen molar-refractivity contribution in [3.05, 3.63) is 0 Å². The van der Waals surface area contributed by atoms with Gasteiger partial charge in [0.2, 0.25) is 0 Å². The van der Waals surface area contributed by atoms with E-state index in [4.69, 9.17) is 4.74 Å². The van der Waals surface area contributed by atoms with Gasteiger partial charge in [-0.05, 0) is 7.05 Å². The number of fused-ring (bicyclic) bond motifs is 2. The predicted molar refractivity (Wildman–Crippen MR) is 41.1 cm³/mol. The molecule has 2 aliphatic rings. The van der Waals surface area contributed by atoms with Gasteiger partial charge in [-0.1, -0.05) is 0 Å². The SMILES string of the molecule is CN1CC2CNCC(C1)O2.[HH]. The van der Waals surface area contributed by atoms with Crippen molar-refractivity contribution in [3.63, 3.8) is 0 Å². The lowest BCUT2D eigenvalue weighted by atomic mass is 10.1. The summed E-state index contributed by atoms with van der Waals surface area (Å²) >= 11 is 0. The van der Waals surface area contributed by atoms with Gasteiger partial charge >= 0.3 is 0 Å². The number of ether oxygens (including phenoxy) is 1. The molecule has 0 radical (unpaired) electrons. The van der Waals surface area contributed by atoms with Gasteiger partial charge in [0.05, 0.1) is 12.2 Å². The van der Waals surface area contributed by atoms with Crippen molar-refractivity contribution in [1.82, 2.24) is 10.2 Å². The van der Waals surface area contributed by atoms with E-state index >= 15 is 0 Å². The number of nitrogens with one attached hydrogen (secondary N) is 1. The summed E-state index contributed by atoms with van der Waals surface area (Å²) in [5, 5.41) is 3.36. The molecule has 0 aromatic heterocycles. The smallest absolute Gasteiger partial charge is 0.0831 e. The van der Waals surface area contributed by atoms with Crippen LogP contribution in [0.2, 0.25) is 0 Å². The quantitative estimate of drug-likeness (QED) is 0.497. The Hall–Kier alpha value is -0.120. The molecule has 1 N–H and O–H groups in total. The van der Waals surface area contributed by atoms with Crippen LogP contribution in [0.4, 0.5) is 0 Å². The van der Waals surface area contributed by atoms with Gasteiger partial charge in [-0.2, -0.15) is 0 Å². The van der Waals surface area contributed by atoms with Gasteiger partial charge in [0, 0.05) is 27.6 Å². The molecule has 0 aromatic rings. The highest BCUT2D eigenvalue weighted by molar-refractivity contribution is 4.83. The summed E-state index contributed by atoms with van der Waals surface area (Å²) in [6, 6.07) is 0. The molecule has 2 unspecified atom stereocenters. The average Bonchev–Trinajstić information content (AvgIpc) is 1.85. The predicted octanol–water partition coefficient (Wildman–Crippen LogP) is -0.465. The fraction of sp³-hybridized carbons (Fsp3) is 1.00. The first-order chi connectivity index (χ1) is 4.84. The highest BCUT2D eigenvalue weighted by Crippen LogP contribution is 2.11. The number of morpholine rings is 2. The molecule has 2 aliphatic heterocycles. The summed E-state index contributed by atoms with van der Waals surface area (Å²) < 4.78 is 5.69. The lowest BCUT2D eigenvalue weighted by Gasteiger charge is -2.40. The Labute approximate surface area is 62.8 Å². The van der Waals surface area contributed by atoms with Gasteiger partial charge in [0.25, 0.3) is 0 Å². The molecule has 0 saturated carbocycles. The number of likely N-dealkylation sites (N-methyl/N-ethyl adjacent to an activating group) is 1. The summed E-state index contributed by atoms with van der Waals surface area (Å²) in [6.45, 7) is 4.23. The first-order valence-corrected chi connectivity index (χ1v) is 3.89. The van der Waals surface area contributed by atoms with Gasteiger partial charge in [-0.25, -0.2) is 0 Å². The molecule has 3 heteroatoms. The van der Waals surface area contributed by atoms with E-state index in [-0.39, 0.29) is 1.43 Å². The first-order valence-electron chi connectivity index (χ1n) is 3.89. The zero-order valence-electron chi connectivity index (χ0n) is 6.34. The van der Waals surface area contributed by atoms with E-state index in [0.29, 0.717) is 12.2 Å². The Morgan fingerprint density at radius 2 is 2.00 bits per heavy atom. The van der Waals surface area contributed by atoms with Crippen LogP contribution in [0, 0.1) is 0 Å². The van der Waals surface area contributed by atoms with Crippen LogP contribution >= 0.6 is 0 Å². The molecule has 2 fully saturated rings. The molecule has 2 bridgehead atoms. The standard InChI is InChI=1S/C7H14N2O.H2/c1-9-4-6-2-8-3-7(5-9)10-6;/h6-8H,2-5H2,1H3;1H. The van der Waals surface area contributed by atoms with Crippen LogP contribution < -0.4 is 5.32 Å². The topological polar surface area (TPSA) is 24.5 Å². The number of rotatable bonds is 0. The highest BCUT2D eigenvalue weighted by atomic mass is 16.5. The molecule has 2 atom stereocenters. The zero-order chi connectivity index (χ0) is 6.97. The second-order valence-corrected chi connectivity index (χ2v) is 3.26. The minimum absolute atomic E-state index is 0. The summed E-state index contributed by atoms with van der Waals surface area (Å²) in [7, 11) is 2.16. The summed E-state index contributed by atoms with van der Waals surface area (Å²) in [4.78, 5) is 2.35. The number of nitrogens with zero attached hydrogens (tertiary/aromatic N) is 1. The monoisotopic (exact) mass is 144 g/mol. The maximum absolute atomic E-state index is 5.69. The third kappa shape index (κ3) is 1.17. The molecule has 2 rings (SSSR count). The third-order valence-corrected chi connectivity index (χ3v) is 2.16. The van der Waals surface area contributed by atoms with E-state index in [0.717, 1.165) is 26.2 Å². The first kappa shape index (κ1) is 6.58. The van der Waals surface area contributed by atoms with Crippen LogP contribution in [0.3, 0.4) is 0 Å². The Bertz CT molecular complexity index is 118. The van der Waals surface area contributed by atoms with Gasteiger partial charge in [-0.3, -0.25) is 0 Å². The van der Waals surface area contributed by atoms with Crippen LogP contribution in [-0.2, 0) is 4.74 Å². The van der Waals surface area contributed by atoms with Crippen LogP contribution in [0.25, 0.3) is 0 Å². The minimum atomic E-state index is 0. The molecule has 0 spiro atoms. The molecule has 0 aromatic carbocycles. The summed E-state index contributed by atoms with van der Waals surface area (Å²) in [6.07, 6.45) is 0.884. The molecular weight excluding hydrogens is 128 g/mol. The van der Waals surface area contributed by atoms with Gasteiger partial charge in [0.1, 0.15) is 0 Å². The Morgan fingerprint density at radius 3 is 2.60 bits per heavy atom. The number of hydrogen-bond acceptors (Lipinski definition) is 3. The molecular formula is C7H16N2O. The third-order valence-electron chi connectivity index (χ3n) is 2.16. The molecule has 10 heavy (non-hydrogen) atoms. The Balaban J connectivity index is 0.000000605. The second kappa shape index (κ2) is 2.49. The highest BCUT2D eigenvalue weighted by Gasteiger charge is 2.28. The average molecular weight is 144 g/mol. The van der Waals surface area contributed by atoms with Crippen molar-refractivity contribution in [2.75, 3.05) is 33.2 Å². The van der Waals surface area contributed by atoms with E-state index in [1.54, 1.807) is 0 Å². The van der Waals surface area contributed by atoms with E-state index in [1.165, 1.54) is 0 Å². The summed E-state index contributed by atoms with van der Waals surface area (Å²) in [5.41, 5.74) is 0. The fourth-order valence-electron chi connectivity index (χ4n) is 1.76. The van der Waals surface area contributed by atoms with Crippen LogP contribution in [0.1, 0.15) is 1.43 Å². The van der Waals surface area contributed by atoms with Gasteiger partial charge < -0.3 is 15.0 Å². The molecule has 60 valence electrons. The Morgan fingerprint density at radius 1 is 1.40 bits per heavy atom. The fourth-order valence-corrected chi connectivity index (χ4v) is 1.76. The van der Waals surface area contributed by atoms with Crippen LogP contribution in [-0.4, -0.2) is 50.3 Å². The maximum atomic E-state index is 5.69. The van der Waals surface area contributed by atoms with Gasteiger partial charge in [-0.15, -0.1) is 0 Å². The Kier molecular flexibility index (Phi) is 1.64. The van der Waals surface area contributed by atoms with Crippen molar-refractivity contribution in [1.29, 1.82) is 0 Å². The van der Waals surface area contributed by atoms with Crippen molar-refractivity contribution in [2.45, 2.75) is 12.2 Å². The van der Waals surface area contributed by atoms with E-state index < -0.39 is 0 Å². The lowest BCUT2D eigenvalue weighted by Crippen LogP contribution is -2.57. The lowest BCUT2D eigenvalue weighted by molar-refractivity contribution is -0.0962. The molecule has 2 saturated heterocycles. The normalized spacial score (nSPS) is 41.7. The van der Waals surface area contributed by atoms with E-state index in [1.807, 2.05) is 0 Å². The van der Waals surface area contributed by atoms with Crippen molar-refractivity contribution >= 4 is 0 Å². The molecule has 0 amide bonds. The van der Waals surface area contributed by atoms with Crippen molar-refractivity contribution in [2.24, 2.45) is 0 Å². The summed E-state index contributed by atoms with van der Waals surface area (Å²) in [5.74, 6) is 0. The van der Waals surface area contributed by atoms with E-state index in [2.05, 4.69) is 17.3 Å². The van der Waals surface area contributed by atoms with Gasteiger partial charge in [0.15, 0.2) is 0 Å². The maximum Gasteiger partial charge on any atom is 0.0831 e. The molecule has 3 nitrogen and oxygen atoms in total. The number of hydrogen-bond donors (Lipinski definition) is 1. The largest absolute Gasteiger partial charge is 0.370 e. The van der Waals surface area contributed by atoms with Crippen molar-refractivity contribution in [3.8, 4) is 0 Å². The zero-order valence-corrected chi connectivity index (χ0v) is 6.34. The minimum Gasteiger partial charge on any atom is -0.370 e. The molecule has 2 heterocycles. The molecule has 0 aliphatic carbocycles.